The average molecular weight is 360 g/mol. The van der Waals surface area contributed by atoms with E-state index in [0.717, 1.165) is 5.56 Å². The minimum Gasteiger partial charge on any atom is -0.366 e. The van der Waals surface area contributed by atoms with E-state index in [9.17, 15) is 18.0 Å². The number of amides is 2. The molecule has 7 heteroatoms. The zero-order valence-corrected chi connectivity index (χ0v) is 14.5. The molecule has 2 aromatic carbocycles. The smallest absolute Gasteiger partial charge is 0.250 e. The Balaban J connectivity index is 1.89. The lowest BCUT2D eigenvalue weighted by atomic mass is 10.1. The summed E-state index contributed by atoms with van der Waals surface area (Å²) in [5, 5.41) is 2.44. The SMILES string of the molecule is NC(=O)c1ccccc1NC(=O)CS(=O)(=O)CCCc1ccccc1. The molecule has 6 nitrogen and oxygen atoms in total. The van der Waals surface area contributed by atoms with E-state index in [4.69, 9.17) is 5.73 Å². The molecule has 0 aromatic heterocycles. The van der Waals surface area contributed by atoms with Crippen LogP contribution in [0.5, 0.6) is 0 Å². The zero-order chi connectivity index (χ0) is 18.3. The third kappa shape index (κ3) is 6.04. The van der Waals surface area contributed by atoms with Crippen LogP contribution in [0.15, 0.2) is 54.6 Å². The van der Waals surface area contributed by atoms with Gasteiger partial charge in [0.2, 0.25) is 5.91 Å². The molecule has 0 saturated carbocycles. The quantitative estimate of drug-likeness (QED) is 0.748. The third-order valence-electron chi connectivity index (χ3n) is 3.58. The van der Waals surface area contributed by atoms with E-state index in [1.165, 1.54) is 12.1 Å². The highest BCUT2D eigenvalue weighted by molar-refractivity contribution is 7.92. The number of nitrogens with one attached hydrogen (secondary N) is 1. The molecule has 25 heavy (non-hydrogen) atoms. The summed E-state index contributed by atoms with van der Waals surface area (Å²) in [5.41, 5.74) is 6.63. The molecule has 0 aliphatic rings. The second-order valence-electron chi connectivity index (χ2n) is 5.64. The first-order valence-corrected chi connectivity index (χ1v) is 9.62. The molecule has 0 atom stereocenters. The molecule has 0 aliphatic carbocycles. The lowest BCUT2D eigenvalue weighted by Gasteiger charge is -2.09. The molecule has 0 aliphatic heterocycles. The summed E-state index contributed by atoms with van der Waals surface area (Å²) in [6.07, 6.45) is 1.07. The second kappa shape index (κ2) is 8.43. The van der Waals surface area contributed by atoms with Gasteiger partial charge in [-0.2, -0.15) is 0 Å². The molecule has 132 valence electrons. The van der Waals surface area contributed by atoms with Gasteiger partial charge >= 0.3 is 0 Å². The van der Waals surface area contributed by atoms with Crippen molar-refractivity contribution in [1.29, 1.82) is 0 Å². The summed E-state index contributed by atoms with van der Waals surface area (Å²) < 4.78 is 24.2. The third-order valence-corrected chi connectivity index (χ3v) is 5.19. The Morgan fingerprint density at radius 3 is 2.28 bits per heavy atom. The molecule has 0 saturated heterocycles. The maximum absolute atomic E-state index is 12.1. The van der Waals surface area contributed by atoms with Crippen LogP contribution in [0.2, 0.25) is 0 Å². The van der Waals surface area contributed by atoms with Crippen molar-refractivity contribution in [3.63, 3.8) is 0 Å². The monoisotopic (exact) mass is 360 g/mol. The Labute approximate surface area is 147 Å². The minimum absolute atomic E-state index is 0.0766. The summed E-state index contributed by atoms with van der Waals surface area (Å²) in [4.78, 5) is 23.3. The fourth-order valence-corrected chi connectivity index (χ4v) is 3.61. The van der Waals surface area contributed by atoms with Gasteiger partial charge in [-0.3, -0.25) is 9.59 Å². The van der Waals surface area contributed by atoms with E-state index in [1.54, 1.807) is 12.1 Å². The van der Waals surface area contributed by atoms with Crippen LogP contribution in [0, 0.1) is 0 Å². The number of aryl methyl sites for hydroxylation is 1. The standard InChI is InChI=1S/C18H20N2O4S/c19-18(22)15-10-4-5-11-16(15)20-17(21)13-25(23,24)12-6-9-14-7-2-1-3-8-14/h1-5,7-8,10-11H,6,9,12-13H2,(H2,19,22)(H,20,21). The Morgan fingerprint density at radius 2 is 1.60 bits per heavy atom. The summed E-state index contributed by atoms with van der Waals surface area (Å²) in [6, 6.07) is 15.7. The summed E-state index contributed by atoms with van der Waals surface area (Å²) in [5.74, 6) is -2.09. The van der Waals surface area contributed by atoms with Gasteiger partial charge in [0.25, 0.3) is 5.91 Å². The van der Waals surface area contributed by atoms with Crippen molar-refractivity contribution < 1.29 is 18.0 Å². The van der Waals surface area contributed by atoms with Crippen molar-refractivity contribution in [2.24, 2.45) is 5.73 Å². The Hall–Kier alpha value is -2.67. The van der Waals surface area contributed by atoms with E-state index in [0.29, 0.717) is 12.8 Å². The number of primary amides is 1. The van der Waals surface area contributed by atoms with Gasteiger partial charge in [0.15, 0.2) is 9.84 Å². The predicted octanol–water partition coefficient (Wildman–Crippen LogP) is 1.77. The predicted molar refractivity (Wildman–Crippen MR) is 97.0 cm³/mol. The minimum atomic E-state index is -3.53. The fraction of sp³-hybridized carbons (Fsp3) is 0.222. The lowest BCUT2D eigenvalue weighted by molar-refractivity contribution is -0.113. The molecule has 0 fully saturated rings. The number of carbonyl (C=O) groups excluding carboxylic acids is 2. The first-order valence-electron chi connectivity index (χ1n) is 7.80. The van der Waals surface area contributed by atoms with Crippen molar-refractivity contribution in [1.82, 2.24) is 0 Å². The average Bonchev–Trinajstić information content (AvgIpc) is 2.55. The van der Waals surface area contributed by atoms with E-state index in [2.05, 4.69) is 5.32 Å². The van der Waals surface area contributed by atoms with Crippen molar-refractivity contribution in [2.75, 3.05) is 16.8 Å². The van der Waals surface area contributed by atoms with Crippen LogP contribution in [0.3, 0.4) is 0 Å². The van der Waals surface area contributed by atoms with Gasteiger partial charge in [0.1, 0.15) is 5.75 Å². The summed E-state index contributed by atoms with van der Waals surface area (Å²) >= 11 is 0. The number of para-hydroxylation sites is 1. The first-order chi connectivity index (χ1) is 11.9. The lowest BCUT2D eigenvalue weighted by Crippen LogP contribution is -2.26. The number of rotatable bonds is 8. The molecule has 0 bridgehead atoms. The van der Waals surface area contributed by atoms with Crippen LogP contribution in [-0.4, -0.2) is 31.7 Å². The number of hydrogen-bond acceptors (Lipinski definition) is 4. The number of benzene rings is 2. The summed E-state index contributed by atoms with van der Waals surface area (Å²) in [7, 11) is -3.53. The largest absolute Gasteiger partial charge is 0.366 e. The van der Waals surface area contributed by atoms with E-state index < -0.39 is 27.4 Å². The van der Waals surface area contributed by atoms with Crippen molar-refractivity contribution in [3.05, 3.63) is 65.7 Å². The van der Waals surface area contributed by atoms with Gasteiger partial charge < -0.3 is 11.1 Å². The maximum atomic E-state index is 12.1. The first kappa shape index (κ1) is 18.7. The number of anilines is 1. The van der Waals surface area contributed by atoms with Gasteiger partial charge in [-0.05, 0) is 30.5 Å². The Bertz CT molecular complexity index is 848. The van der Waals surface area contributed by atoms with Gasteiger partial charge in [-0.1, -0.05) is 42.5 Å². The van der Waals surface area contributed by atoms with E-state index in [1.807, 2.05) is 30.3 Å². The van der Waals surface area contributed by atoms with Crippen LogP contribution in [-0.2, 0) is 21.1 Å². The molecule has 0 spiro atoms. The number of sulfone groups is 1. The molecule has 0 heterocycles. The highest BCUT2D eigenvalue weighted by atomic mass is 32.2. The van der Waals surface area contributed by atoms with Crippen molar-refractivity contribution in [3.8, 4) is 0 Å². The molecular weight excluding hydrogens is 340 g/mol. The van der Waals surface area contributed by atoms with Crippen LogP contribution < -0.4 is 11.1 Å². The Morgan fingerprint density at radius 1 is 0.960 bits per heavy atom. The van der Waals surface area contributed by atoms with Gasteiger partial charge in [0.05, 0.1) is 17.0 Å². The number of carbonyl (C=O) groups is 2. The highest BCUT2D eigenvalue weighted by Gasteiger charge is 2.18. The van der Waals surface area contributed by atoms with Crippen molar-refractivity contribution in [2.45, 2.75) is 12.8 Å². The van der Waals surface area contributed by atoms with E-state index >= 15 is 0 Å². The number of nitrogens with two attached hydrogens (primary N) is 1. The maximum Gasteiger partial charge on any atom is 0.250 e. The van der Waals surface area contributed by atoms with Crippen LogP contribution in [0.1, 0.15) is 22.3 Å². The normalized spacial score (nSPS) is 11.0. The van der Waals surface area contributed by atoms with Crippen LogP contribution in [0.25, 0.3) is 0 Å². The second-order valence-corrected chi connectivity index (χ2v) is 7.82. The molecule has 2 aromatic rings. The van der Waals surface area contributed by atoms with Gasteiger partial charge in [-0.15, -0.1) is 0 Å². The van der Waals surface area contributed by atoms with Gasteiger partial charge in [0, 0.05) is 0 Å². The van der Waals surface area contributed by atoms with Gasteiger partial charge in [-0.25, -0.2) is 8.42 Å². The zero-order valence-electron chi connectivity index (χ0n) is 13.6. The highest BCUT2D eigenvalue weighted by Crippen LogP contribution is 2.14. The molecular formula is C18H20N2O4S. The topological polar surface area (TPSA) is 106 Å². The molecule has 2 amide bonds. The molecule has 0 radical (unpaired) electrons. The Kier molecular flexibility index (Phi) is 6.30. The molecule has 0 unspecified atom stereocenters. The summed E-state index contributed by atoms with van der Waals surface area (Å²) in [6.45, 7) is 0. The molecule has 3 N–H and O–H groups in total. The van der Waals surface area contributed by atoms with Crippen LogP contribution >= 0.6 is 0 Å². The van der Waals surface area contributed by atoms with Crippen molar-refractivity contribution >= 4 is 27.3 Å². The number of hydrogen-bond donors (Lipinski definition) is 2. The van der Waals surface area contributed by atoms with E-state index in [-0.39, 0.29) is 17.0 Å². The van der Waals surface area contributed by atoms with Crippen LogP contribution in [0.4, 0.5) is 5.69 Å². The fourth-order valence-electron chi connectivity index (χ4n) is 2.41. The molecule has 2 rings (SSSR count).